The van der Waals surface area contributed by atoms with Crippen LogP contribution in [0.15, 0.2) is 48.5 Å². The molecule has 224 valence electrons. The molecule has 0 aliphatic carbocycles. The van der Waals surface area contributed by atoms with Crippen LogP contribution in [-0.2, 0) is 26.8 Å². The van der Waals surface area contributed by atoms with Crippen molar-refractivity contribution >= 4 is 23.8 Å². The van der Waals surface area contributed by atoms with E-state index in [1.54, 1.807) is 14.2 Å². The molecule has 0 heterocycles. The van der Waals surface area contributed by atoms with Gasteiger partial charge in [-0.1, -0.05) is 77.9 Å². The first kappa shape index (κ1) is 33.1. The molecule has 0 bridgehead atoms. The molecule has 5 nitrogen and oxygen atoms in total. The van der Waals surface area contributed by atoms with E-state index in [0.29, 0.717) is 0 Å². The van der Waals surface area contributed by atoms with Crippen LogP contribution in [-0.4, -0.2) is 46.8 Å². The Kier molecular flexibility index (Phi) is 11.0. The second kappa shape index (κ2) is 13.7. The molecule has 0 saturated carbocycles. The van der Waals surface area contributed by atoms with Crippen molar-refractivity contribution < 1.29 is 18.9 Å². The number of methoxy groups -OCH3 is 2. The molecule has 0 aliphatic heterocycles. The van der Waals surface area contributed by atoms with Crippen LogP contribution in [0.3, 0.4) is 0 Å². The number of hydrogen-bond acceptors (Lipinski definition) is 5. The molecule has 0 atom stereocenters. The molecule has 0 N–H and O–H groups in total. The summed E-state index contributed by atoms with van der Waals surface area (Å²) in [6.45, 7) is 19.0. The molecule has 0 unspecified atom stereocenters. The van der Waals surface area contributed by atoms with Crippen molar-refractivity contribution in [3.05, 3.63) is 76.3 Å². The van der Waals surface area contributed by atoms with Gasteiger partial charge >= 0.3 is 0 Å². The average molecular weight is 580 g/mol. The molecule has 0 saturated heterocycles. The van der Waals surface area contributed by atoms with Crippen LogP contribution in [0.5, 0.6) is 11.5 Å². The largest absolute Gasteiger partial charge is 0.467 e. The molecular weight excluding hydrogens is 529 g/mol. The number of aryl methyl sites for hydroxylation is 2. The Morgan fingerprint density at radius 1 is 0.659 bits per heavy atom. The summed E-state index contributed by atoms with van der Waals surface area (Å²) in [5, 5.41) is 3.62. The highest BCUT2D eigenvalue weighted by Crippen LogP contribution is 2.46. The van der Waals surface area contributed by atoms with E-state index >= 15 is 0 Å². The fourth-order valence-electron chi connectivity index (χ4n) is 5.09. The van der Waals surface area contributed by atoms with Crippen molar-refractivity contribution in [3.63, 3.8) is 0 Å². The summed E-state index contributed by atoms with van der Waals surface area (Å²) in [6, 6.07) is 17.9. The minimum absolute atomic E-state index is 0.132. The lowest BCUT2D eigenvalue weighted by Crippen LogP contribution is -2.31. The molecule has 0 aromatic heterocycles. The lowest BCUT2D eigenvalue weighted by atomic mass is 9.85. The fourth-order valence-corrected chi connectivity index (χ4v) is 7.97. The zero-order valence-corrected chi connectivity index (χ0v) is 28.2. The Hall–Kier alpha value is -2.43. The molecule has 3 aromatic rings. The summed E-state index contributed by atoms with van der Waals surface area (Å²) in [6.07, 6.45) is 0. The minimum Gasteiger partial charge on any atom is -0.467 e. The SMILES string of the molecule is COCOc1c(P(c2ccccc2CN(C)C)c2cc(C)cc(C(C)(C)C)c2OCOC)cc(C)cc1C(C)(C)C. The number of rotatable bonds is 11. The lowest BCUT2D eigenvalue weighted by Gasteiger charge is -2.33. The van der Waals surface area contributed by atoms with Crippen molar-refractivity contribution in [2.24, 2.45) is 0 Å². The summed E-state index contributed by atoms with van der Waals surface area (Å²) in [5.41, 5.74) is 5.77. The standard InChI is InChI=1S/C35H50NO4P/c1-24-17-27(34(3,4)5)32(39-22-37-11)30(19-24)41(29-16-14-13-15-26(29)21-36(9)10)31-20-25(2)18-28(35(6,7)8)33(31)40-23-38-12/h13-20H,21-23H2,1-12H3. The zero-order chi connectivity index (χ0) is 30.5. The summed E-state index contributed by atoms with van der Waals surface area (Å²) < 4.78 is 23.9. The molecule has 3 rings (SSSR count). The van der Waals surface area contributed by atoms with E-state index in [0.717, 1.165) is 18.0 Å². The predicted molar refractivity (Wildman–Crippen MR) is 174 cm³/mol. The monoisotopic (exact) mass is 579 g/mol. The first-order valence-corrected chi connectivity index (χ1v) is 15.6. The molecule has 0 fully saturated rings. The molecule has 0 radical (unpaired) electrons. The Morgan fingerprint density at radius 3 is 1.49 bits per heavy atom. The first-order chi connectivity index (χ1) is 19.2. The van der Waals surface area contributed by atoms with Gasteiger partial charge < -0.3 is 23.8 Å². The summed E-state index contributed by atoms with van der Waals surface area (Å²) in [4.78, 5) is 2.23. The number of hydrogen-bond donors (Lipinski definition) is 0. The van der Waals surface area contributed by atoms with Crippen LogP contribution >= 0.6 is 7.92 Å². The first-order valence-electron chi connectivity index (χ1n) is 14.3. The van der Waals surface area contributed by atoms with Gasteiger partial charge in [-0.05, 0) is 80.8 Å². The molecule has 0 spiro atoms. The Balaban J connectivity index is 2.56. The Bertz CT molecular complexity index is 1250. The van der Waals surface area contributed by atoms with Crippen LogP contribution < -0.4 is 25.4 Å². The van der Waals surface area contributed by atoms with Crippen molar-refractivity contribution in [1.82, 2.24) is 4.90 Å². The Labute approximate surface area is 249 Å². The number of benzene rings is 3. The zero-order valence-electron chi connectivity index (χ0n) is 27.3. The van der Waals surface area contributed by atoms with Crippen LogP contribution in [0.4, 0.5) is 0 Å². The highest BCUT2D eigenvalue weighted by atomic mass is 31.1. The van der Waals surface area contributed by atoms with E-state index in [2.05, 4.69) is 123 Å². The van der Waals surface area contributed by atoms with Crippen molar-refractivity contribution in [2.45, 2.75) is 72.8 Å². The maximum Gasteiger partial charge on any atom is 0.188 e. The molecule has 0 aliphatic rings. The van der Waals surface area contributed by atoms with Gasteiger partial charge in [0.2, 0.25) is 0 Å². The third kappa shape index (κ3) is 8.11. The van der Waals surface area contributed by atoms with Gasteiger partial charge in [0.05, 0.1) is 0 Å². The lowest BCUT2D eigenvalue weighted by molar-refractivity contribution is 0.0506. The van der Waals surface area contributed by atoms with E-state index < -0.39 is 7.92 Å². The number of nitrogens with zero attached hydrogens (tertiary/aromatic N) is 1. The van der Waals surface area contributed by atoms with E-state index in [4.69, 9.17) is 18.9 Å². The average Bonchev–Trinajstić information content (AvgIpc) is 2.86. The van der Waals surface area contributed by atoms with Crippen molar-refractivity contribution in [1.29, 1.82) is 0 Å². The number of ether oxygens (including phenoxy) is 4. The minimum atomic E-state index is -1.12. The summed E-state index contributed by atoms with van der Waals surface area (Å²) in [5.74, 6) is 1.79. The molecular formula is C35H50NO4P. The second-order valence-electron chi connectivity index (χ2n) is 13.1. The fraction of sp³-hybridized carbons (Fsp3) is 0.486. The van der Waals surface area contributed by atoms with Gasteiger partial charge in [-0.3, -0.25) is 0 Å². The van der Waals surface area contributed by atoms with Gasteiger partial charge in [-0.25, -0.2) is 0 Å². The quantitative estimate of drug-likeness (QED) is 0.187. The highest BCUT2D eigenvalue weighted by Gasteiger charge is 2.33. The second-order valence-corrected chi connectivity index (χ2v) is 15.2. The van der Waals surface area contributed by atoms with Crippen molar-refractivity contribution in [2.75, 3.05) is 41.9 Å². The molecule has 3 aromatic carbocycles. The summed E-state index contributed by atoms with van der Waals surface area (Å²) in [7, 11) is 6.47. The van der Waals surface area contributed by atoms with Crippen LogP contribution in [0.2, 0.25) is 0 Å². The van der Waals surface area contributed by atoms with E-state index in [9.17, 15) is 0 Å². The maximum absolute atomic E-state index is 6.51. The highest BCUT2D eigenvalue weighted by molar-refractivity contribution is 7.80. The van der Waals surface area contributed by atoms with E-state index in [-0.39, 0.29) is 24.4 Å². The van der Waals surface area contributed by atoms with E-state index in [1.165, 1.54) is 43.7 Å². The molecule has 6 heteroatoms. The van der Waals surface area contributed by atoms with Gasteiger partial charge in [0.15, 0.2) is 13.6 Å². The smallest absolute Gasteiger partial charge is 0.188 e. The normalized spacial score (nSPS) is 12.3. The Morgan fingerprint density at radius 2 is 1.10 bits per heavy atom. The third-order valence-corrected chi connectivity index (χ3v) is 9.43. The van der Waals surface area contributed by atoms with Gasteiger partial charge in [0, 0.05) is 42.5 Å². The van der Waals surface area contributed by atoms with Gasteiger partial charge in [0.25, 0.3) is 0 Å². The molecule has 41 heavy (non-hydrogen) atoms. The van der Waals surface area contributed by atoms with Gasteiger partial charge in [0.1, 0.15) is 11.5 Å². The van der Waals surface area contributed by atoms with Crippen LogP contribution in [0.1, 0.15) is 69.4 Å². The summed E-state index contributed by atoms with van der Waals surface area (Å²) >= 11 is 0. The van der Waals surface area contributed by atoms with Crippen molar-refractivity contribution in [3.8, 4) is 11.5 Å². The predicted octanol–water partition coefficient (Wildman–Crippen LogP) is 6.68. The third-order valence-electron chi connectivity index (χ3n) is 6.89. The van der Waals surface area contributed by atoms with Gasteiger partial charge in [-0.15, -0.1) is 0 Å². The van der Waals surface area contributed by atoms with Crippen LogP contribution in [0, 0.1) is 13.8 Å². The van der Waals surface area contributed by atoms with Gasteiger partial charge in [-0.2, -0.15) is 0 Å². The maximum atomic E-state index is 6.51. The van der Waals surface area contributed by atoms with E-state index in [1.807, 2.05) is 0 Å². The molecule has 0 amide bonds. The topological polar surface area (TPSA) is 40.2 Å². The van der Waals surface area contributed by atoms with Crippen LogP contribution in [0.25, 0.3) is 0 Å².